The van der Waals surface area contributed by atoms with Crippen molar-refractivity contribution in [2.75, 3.05) is 13.1 Å². The van der Waals surface area contributed by atoms with E-state index in [0.717, 1.165) is 24.2 Å². The van der Waals surface area contributed by atoms with Crippen LogP contribution in [0.15, 0.2) is 36.9 Å². The van der Waals surface area contributed by atoms with Crippen LogP contribution in [0.2, 0.25) is 0 Å². The van der Waals surface area contributed by atoms with Gasteiger partial charge < -0.3 is 10.2 Å². The van der Waals surface area contributed by atoms with Crippen molar-refractivity contribution in [3.63, 3.8) is 0 Å². The number of carbonyl (C=O) groups excluding carboxylic acids is 1. The molecule has 1 aliphatic rings. The topological polar surface area (TPSA) is 61.0 Å². The Morgan fingerprint density at radius 2 is 2.21 bits per heavy atom. The Kier molecular flexibility index (Phi) is 6.11. The minimum atomic E-state index is -0.319. The summed E-state index contributed by atoms with van der Waals surface area (Å²) in [6, 6.07) is 6.47. The van der Waals surface area contributed by atoms with Crippen molar-refractivity contribution in [2.24, 2.45) is 0 Å². The van der Waals surface area contributed by atoms with E-state index in [0.29, 0.717) is 24.3 Å². The Morgan fingerprint density at radius 3 is 2.96 bits per heavy atom. The summed E-state index contributed by atoms with van der Waals surface area (Å²) < 4.78 is 13.9. The van der Waals surface area contributed by atoms with Crippen LogP contribution >= 0.6 is 12.4 Å². The van der Waals surface area contributed by atoms with Crippen LogP contribution in [-0.2, 0) is 19.5 Å². The average molecular weight is 351 g/mol. The van der Waals surface area contributed by atoms with E-state index in [4.69, 9.17) is 0 Å². The van der Waals surface area contributed by atoms with Crippen molar-refractivity contribution in [1.82, 2.24) is 20.4 Å². The number of aromatic nitrogens is 2. The predicted octanol–water partition coefficient (Wildman–Crippen LogP) is 2.44. The molecule has 1 amide bonds. The van der Waals surface area contributed by atoms with E-state index in [9.17, 15) is 9.18 Å². The molecule has 0 atom stereocenters. The summed E-state index contributed by atoms with van der Waals surface area (Å²) in [4.78, 5) is 14.4. The van der Waals surface area contributed by atoms with E-state index in [1.54, 1.807) is 29.2 Å². The van der Waals surface area contributed by atoms with Gasteiger partial charge in [0.2, 0.25) is 0 Å². The summed E-state index contributed by atoms with van der Waals surface area (Å²) in [5, 5.41) is 10.4. The summed E-state index contributed by atoms with van der Waals surface area (Å²) in [5.74, 6) is -0.533. The van der Waals surface area contributed by atoms with Crippen molar-refractivity contribution in [3.05, 3.63) is 65.3 Å². The Morgan fingerprint density at radius 1 is 1.42 bits per heavy atom. The molecule has 1 aromatic carbocycles. The Hall–Kier alpha value is -2.18. The lowest BCUT2D eigenvalue weighted by atomic mass is 10.1. The minimum Gasteiger partial charge on any atom is -0.329 e. The molecule has 1 aromatic heterocycles. The van der Waals surface area contributed by atoms with E-state index in [1.165, 1.54) is 6.07 Å². The normalized spacial score (nSPS) is 12.9. The molecule has 2 heterocycles. The van der Waals surface area contributed by atoms with Crippen LogP contribution in [-0.4, -0.2) is 34.1 Å². The van der Waals surface area contributed by atoms with E-state index in [-0.39, 0.29) is 30.7 Å². The fraction of sp³-hybridized carbons (Fsp3) is 0.294. The maximum Gasteiger partial charge on any atom is 0.275 e. The second-order valence-corrected chi connectivity index (χ2v) is 5.52. The standard InChI is InChI=1S/C17H19FN4O.ClH/c1-2-9-22(11-12-5-3-4-6-14(12)18)17(23)16-13-10-19-8-7-15(13)20-21-16;/h2-6,19H,1,7-11H2,(H,20,21);1H. The lowest BCUT2D eigenvalue weighted by Gasteiger charge is -2.22. The summed E-state index contributed by atoms with van der Waals surface area (Å²) in [6.07, 6.45) is 2.46. The molecule has 2 aromatic rings. The van der Waals surface area contributed by atoms with Crippen LogP contribution in [0, 0.1) is 5.82 Å². The monoisotopic (exact) mass is 350 g/mol. The van der Waals surface area contributed by atoms with E-state index in [2.05, 4.69) is 22.1 Å². The van der Waals surface area contributed by atoms with Gasteiger partial charge in [-0.1, -0.05) is 24.3 Å². The van der Waals surface area contributed by atoms with Gasteiger partial charge in [0, 0.05) is 49.4 Å². The first kappa shape index (κ1) is 18.2. The third kappa shape index (κ3) is 3.66. The van der Waals surface area contributed by atoms with E-state index in [1.807, 2.05) is 0 Å². The minimum absolute atomic E-state index is 0. The van der Waals surface area contributed by atoms with Gasteiger partial charge in [0.25, 0.3) is 5.91 Å². The van der Waals surface area contributed by atoms with Crippen molar-refractivity contribution in [3.8, 4) is 0 Å². The number of hydrogen-bond acceptors (Lipinski definition) is 3. The molecule has 0 saturated carbocycles. The van der Waals surface area contributed by atoms with Gasteiger partial charge in [-0.2, -0.15) is 5.10 Å². The van der Waals surface area contributed by atoms with Crippen LogP contribution < -0.4 is 5.32 Å². The lowest BCUT2D eigenvalue weighted by Crippen LogP contribution is -2.33. The zero-order valence-corrected chi connectivity index (χ0v) is 14.0. The maximum absolute atomic E-state index is 13.9. The first-order valence-electron chi connectivity index (χ1n) is 7.61. The zero-order valence-electron chi connectivity index (χ0n) is 13.2. The number of nitrogens with one attached hydrogen (secondary N) is 2. The Bertz CT molecular complexity index is 731. The maximum atomic E-state index is 13.9. The molecule has 0 spiro atoms. The summed E-state index contributed by atoms with van der Waals surface area (Å²) >= 11 is 0. The van der Waals surface area contributed by atoms with Gasteiger partial charge >= 0.3 is 0 Å². The van der Waals surface area contributed by atoms with E-state index >= 15 is 0 Å². The molecular weight excluding hydrogens is 331 g/mol. The number of carbonyl (C=O) groups is 1. The van der Waals surface area contributed by atoms with Gasteiger partial charge in [-0.15, -0.1) is 19.0 Å². The molecule has 7 heteroatoms. The molecule has 24 heavy (non-hydrogen) atoms. The van der Waals surface area contributed by atoms with Crippen molar-refractivity contribution in [1.29, 1.82) is 0 Å². The third-order valence-electron chi connectivity index (χ3n) is 3.96. The molecule has 1 aliphatic heterocycles. The molecule has 0 fully saturated rings. The molecule has 0 unspecified atom stereocenters. The Balaban J connectivity index is 0.00000208. The Labute approximate surface area is 146 Å². The van der Waals surface area contributed by atoms with Crippen LogP contribution in [0.25, 0.3) is 0 Å². The third-order valence-corrected chi connectivity index (χ3v) is 3.96. The number of benzene rings is 1. The quantitative estimate of drug-likeness (QED) is 0.814. The molecule has 3 rings (SSSR count). The van der Waals surface area contributed by atoms with Crippen molar-refractivity contribution in [2.45, 2.75) is 19.5 Å². The second-order valence-electron chi connectivity index (χ2n) is 5.52. The zero-order chi connectivity index (χ0) is 16.2. The van der Waals surface area contributed by atoms with Crippen LogP contribution in [0.4, 0.5) is 4.39 Å². The van der Waals surface area contributed by atoms with Crippen LogP contribution in [0.3, 0.4) is 0 Å². The number of H-pyrrole nitrogens is 1. The molecule has 0 radical (unpaired) electrons. The number of nitrogens with zero attached hydrogens (tertiary/aromatic N) is 2. The van der Waals surface area contributed by atoms with E-state index < -0.39 is 0 Å². The van der Waals surface area contributed by atoms with Gasteiger partial charge in [-0.25, -0.2) is 4.39 Å². The highest BCUT2D eigenvalue weighted by molar-refractivity contribution is 5.94. The second kappa shape index (κ2) is 8.08. The van der Waals surface area contributed by atoms with Gasteiger partial charge in [0.05, 0.1) is 0 Å². The first-order chi connectivity index (χ1) is 11.2. The van der Waals surface area contributed by atoms with Crippen molar-refractivity contribution >= 4 is 18.3 Å². The predicted molar refractivity (Wildman–Crippen MR) is 92.6 cm³/mol. The number of aromatic amines is 1. The number of rotatable bonds is 5. The average Bonchev–Trinajstić information content (AvgIpc) is 3.00. The summed E-state index contributed by atoms with van der Waals surface area (Å²) in [7, 11) is 0. The van der Waals surface area contributed by atoms with Gasteiger partial charge in [-0.3, -0.25) is 9.89 Å². The number of amides is 1. The van der Waals surface area contributed by atoms with Crippen molar-refractivity contribution < 1.29 is 9.18 Å². The first-order valence-corrected chi connectivity index (χ1v) is 7.61. The number of halogens is 2. The fourth-order valence-corrected chi connectivity index (χ4v) is 2.76. The highest BCUT2D eigenvalue weighted by Crippen LogP contribution is 2.19. The molecule has 2 N–H and O–H groups in total. The van der Waals surface area contributed by atoms with Gasteiger partial charge in [-0.05, 0) is 6.07 Å². The summed E-state index contributed by atoms with van der Waals surface area (Å²) in [6.45, 7) is 5.70. The number of hydrogen-bond donors (Lipinski definition) is 2. The largest absolute Gasteiger partial charge is 0.329 e. The fourth-order valence-electron chi connectivity index (χ4n) is 2.76. The molecule has 0 saturated heterocycles. The van der Waals surface area contributed by atoms with Gasteiger partial charge in [0.1, 0.15) is 5.82 Å². The molecule has 0 aliphatic carbocycles. The SMILES string of the molecule is C=CCN(Cc1ccccc1F)C(=O)c1n[nH]c2c1CNCC2.Cl. The smallest absolute Gasteiger partial charge is 0.275 e. The molecular formula is C17H20ClFN4O. The van der Waals surface area contributed by atoms with Crippen LogP contribution in [0.5, 0.6) is 0 Å². The van der Waals surface area contributed by atoms with Gasteiger partial charge in [0.15, 0.2) is 5.69 Å². The molecule has 128 valence electrons. The molecule has 5 nitrogen and oxygen atoms in total. The highest BCUT2D eigenvalue weighted by atomic mass is 35.5. The summed E-state index contributed by atoms with van der Waals surface area (Å²) in [5.41, 5.74) is 2.79. The lowest BCUT2D eigenvalue weighted by molar-refractivity contribution is 0.0754. The number of fused-ring (bicyclic) bond motifs is 1. The van der Waals surface area contributed by atoms with Crippen LogP contribution in [0.1, 0.15) is 27.3 Å². The highest BCUT2D eigenvalue weighted by Gasteiger charge is 2.25. The molecule has 0 bridgehead atoms.